The highest BCUT2D eigenvalue weighted by Gasteiger charge is 2.25. The normalized spacial score (nSPS) is 25.1. The maximum atomic E-state index is 11.3. The van der Waals surface area contributed by atoms with Crippen molar-refractivity contribution in [2.75, 3.05) is 26.0 Å². The first-order chi connectivity index (χ1) is 6.54. The molecule has 0 aliphatic carbocycles. The van der Waals surface area contributed by atoms with E-state index in [0.717, 1.165) is 25.9 Å². The zero-order valence-electron chi connectivity index (χ0n) is 8.90. The lowest BCUT2D eigenvalue weighted by molar-refractivity contribution is 0.0195. The first kappa shape index (κ1) is 11.9. The molecule has 1 rings (SSSR count). The van der Waals surface area contributed by atoms with Crippen molar-refractivity contribution in [2.45, 2.75) is 32.3 Å². The van der Waals surface area contributed by atoms with Gasteiger partial charge in [0.05, 0.1) is 12.4 Å². The average Bonchev–Trinajstić information content (AvgIpc) is 2.14. The Hall–Kier alpha value is -0.130. The fourth-order valence-corrected chi connectivity index (χ4v) is 2.52. The lowest BCUT2D eigenvalue weighted by Crippen LogP contribution is -2.42. The van der Waals surface area contributed by atoms with E-state index >= 15 is 0 Å². The Morgan fingerprint density at radius 3 is 2.79 bits per heavy atom. The van der Waals surface area contributed by atoms with Gasteiger partial charge in [-0.2, -0.15) is 4.31 Å². The van der Waals surface area contributed by atoms with Gasteiger partial charge in [0.25, 0.3) is 0 Å². The monoisotopic (exact) mass is 221 g/mol. The van der Waals surface area contributed by atoms with E-state index in [1.807, 2.05) is 0 Å². The molecule has 1 fully saturated rings. The highest BCUT2D eigenvalue weighted by Crippen LogP contribution is 2.15. The van der Waals surface area contributed by atoms with Crippen LogP contribution in [0, 0.1) is 0 Å². The van der Waals surface area contributed by atoms with Crippen LogP contribution < -0.4 is 0 Å². The van der Waals surface area contributed by atoms with E-state index in [-0.39, 0.29) is 6.10 Å². The van der Waals surface area contributed by atoms with Gasteiger partial charge in [-0.3, -0.25) is 0 Å². The van der Waals surface area contributed by atoms with E-state index in [2.05, 4.69) is 6.92 Å². The van der Waals surface area contributed by atoms with Crippen LogP contribution in [-0.4, -0.2) is 44.8 Å². The summed E-state index contributed by atoms with van der Waals surface area (Å²) in [6.07, 6.45) is 4.22. The van der Waals surface area contributed by atoms with Crippen LogP contribution in [0.25, 0.3) is 0 Å². The molecule has 0 radical (unpaired) electrons. The van der Waals surface area contributed by atoms with Gasteiger partial charge < -0.3 is 4.74 Å². The quantitative estimate of drug-likeness (QED) is 0.706. The van der Waals surface area contributed by atoms with Gasteiger partial charge in [0.2, 0.25) is 10.0 Å². The molecule has 1 atom stereocenters. The highest BCUT2D eigenvalue weighted by atomic mass is 32.2. The molecule has 5 heteroatoms. The molecule has 0 saturated carbocycles. The molecular weight excluding hydrogens is 202 g/mol. The Morgan fingerprint density at radius 2 is 2.21 bits per heavy atom. The standard InChI is InChI=1S/C9H19NO3S/c1-3-7-13-9-5-4-6-10(8-9)14(2,11)12/h9H,3-8H2,1-2H3/t9-/m1/s1. The Labute approximate surface area is 86.3 Å². The molecule has 14 heavy (non-hydrogen) atoms. The van der Waals surface area contributed by atoms with Crippen LogP contribution in [0.4, 0.5) is 0 Å². The van der Waals surface area contributed by atoms with Crippen molar-refractivity contribution in [3.05, 3.63) is 0 Å². The summed E-state index contributed by atoms with van der Waals surface area (Å²) in [5.41, 5.74) is 0. The Balaban J connectivity index is 2.44. The fourth-order valence-electron chi connectivity index (χ4n) is 1.63. The predicted molar refractivity (Wildman–Crippen MR) is 55.7 cm³/mol. The topological polar surface area (TPSA) is 46.6 Å². The lowest BCUT2D eigenvalue weighted by Gasteiger charge is -2.30. The first-order valence-corrected chi connectivity index (χ1v) is 6.95. The summed E-state index contributed by atoms with van der Waals surface area (Å²) >= 11 is 0. The van der Waals surface area contributed by atoms with Crippen LogP contribution >= 0.6 is 0 Å². The number of hydrogen-bond donors (Lipinski definition) is 0. The molecule has 0 aromatic carbocycles. The molecule has 1 aliphatic rings. The van der Waals surface area contributed by atoms with Crippen molar-refractivity contribution in [3.63, 3.8) is 0 Å². The summed E-state index contributed by atoms with van der Waals surface area (Å²) < 4.78 is 29.6. The minimum absolute atomic E-state index is 0.0958. The Morgan fingerprint density at radius 1 is 1.50 bits per heavy atom. The van der Waals surface area contributed by atoms with Crippen molar-refractivity contribution in [3.8, 4) is 0 Å². The Bertz CT molecular complexity index is 263. The summed E-state index contributed by atoms with van der Waals surface area (Å²) in [7, 11) is -3.03. The number of piperidine rings is 1. The molecule has 0 aromatic rings. The van der Waals surface area contributed by atoms with E-state index in [1.54, 1.807) is 0 Å². The fraction of sp³-hybridized carbons (Fsp3) is 1.00. The maximum Gasteiger partial charge on any atom is 0.211 e. The number of ether oxygens (including phenoxy) is 1. The summed E-state index contributed by atoms with van der Waals surface area (Å²) in [5.74, 6) is 0. The van der Waals surface area contributed by atoms with Crippen molar-refractivity contribution < 1.29 is 13.2 Å². The molecule has 0 N–H and O–H groups in total. The molecule has 1 aliphatic heterocycles. The molecule has 0 amide bonds. The van der Waals surface area contributed by atoms with Crippen LogP contribution in [0.2, 0.25) is 0 Å². The third-order valence-corrected chi connectivity index (χ3v) is 3.64. The summed E-state index contributed by atoms with van der Waals surface area (Å²) in [6, 6.07) is 0. The van der Waals surface area contributed by atoms with E-state index < -0.39 is 10.0 Å². The van der Waals surface area contributed by atoms with Crippen molar-refractivity contribution in [1.82, 2.24) is 4.31 Å². The molecule has 4 nitrogen and oxygen atoms in total. The number of nitrogens with zero attached hydrogens (tertiary/aromatic N) is 1. The molecule has 0 unspecified atom stereocenters. The second-order valence-corrected chi connectivity index (χ2v) is 5.74. The van der Waals surface area contributed by atoms with E-state index in [0.29, 0.717) is 13.1 Å². The average molecular weight is 221 g/mol. The largest absolute Gasteiger partial charge is 0.377 e. The summed E-state index contributed by atoms with van der Waals surface area (Å²) in [4.78, 5) is 0. The predicted octanol–water partition coefficient (Wildman–Crippen LogP) is 0.837. The van der Waals surface area contributed by atoms with Gasteiger partial charge >= 0.3 is 0 Å². The molecule has 0 spiro atoms. The first-order valence-electron chi connectivity index (χ1n) is 5.10. The summed E-state index contributed by atoms with van der Waals surface area (Å²) in [5, 5.41) is 0. The van der Waals surface area contributed by atoms with Crippen molar-refractivity contribution in [1.29, 1.82) is 0 Å². The molecule has 0 bridgehead atoms. The lowest BCUT2D eigenvalue weighted by atomic mass is 10.1. The SMILES string of the molecule is CCCO[C@@H]1CCCN(S(C)(=O)=O)C1. The van der Waals surface area contributed by atoms with E-state index in [9.17, 15) is 8.42 Å². The number of rotatable bonds is 4. The van der Waals surface area contributed by atoms with Crippen molar-refractivity contribution >= 4 is 10.0 Å². The van der Waals surface area contributed by atoms with Gasteiger partial charge in [-0.25, -0.2) is 8.42 Å². The number of hydrogen-bond acceptors (Lipinski definition) is 3. The van der Waals surface area contributed by atoms with Gasteiger partial charge in [-0.1, -0.05) is 6.92 Å². The van der Waals surface area contributed by atoms with Gasteiger partial charge in [0.15, 0.2) is 0 Å². The van der Waals surface area contributed by atoms with E-state index in [4.69, 9.17) is 4.74 Å². The number of sulfonamides is 1. The zero-order valence-corrected chi connectivity index (χ0v) is 9.72. The van der Waals surface area contributed by atoms with Gasteiger partial charge in [0.1, 0.15) is 0 Å². The minimum atomic E-state index is -3.03. The zero-order chi connectivity index (χ0) is 10.6. The third kappa shape index (κ3) is 3.55. The van der Waals surface area contributed by atoms with Crippen LogP contribution in [0.15, 0.2) is 0 Å². The second-order valence-electron chi connectivity index (χ2n) is 3.76. The van der Waals surface area contributed by atoms with Crippen LogP contribution in [-0.2, 0) is 14.8 Å². The molecule has 0 aromatic heterocycles. The van der Waals surface area contributed by atoms with Gasteiger partial charge in [-0.15, -0.1) is 0 Å². The van der Waals surface area contributed by atoms with Crippen molar-refractivity contribution in [2.24, 2.45) is 0 Å². The molecule has 84 valence electrons. The maximum absolute atomic E-state index is 11.3. The van der Waals surface area contributed by atoms with E-state index in [1.165, 1.54) is 10.6 Å². The molecule has 1 saturated heterocycles. The second kappa shape index (κ2) is 5.09. The van der Waals surface area contributed by atoms with Crippen LogP contribution in [0.3, 0.4) is 0 Å². The van der Waals surface area contributed by atoms with Crippen LogP contribution in [0.1, 0.15) is 26.2 Å². The van der Waals surface area contributed by atoms with Gasteiger partial charge in [-0.05, 0) is 19.3 Å². The molecule has 1 heterocycles. The highest BCUT2D eigenvalue weighted by molar-refractivity contribution is 7.88. The van der Waals surface area contributed by atoms with Gasteiger partial charge in [0, 0.05) is 19.7 Å². The third-order valence-electron chi connectivity index (χ3n) is 2.37. The van der Waals surface area contributed by atoms with Crippen LogP contribution in [0.5, 0.6) is 0 Å². The Kier molecular flexibility index (Phi) is 4.34. The summed E-state index contributed by atoms with van der Waals surface area (Å²) in [6.45, 7) is 3.95. The minimum Gasteiger partial charge on any atom is -0.377 e. The molecular formula is C9H19NO3S. The smallest absolute Gasteiger partial charge is 0.211 e.